The number of rotatable bonds is 6. The fourth-order valence-electron chi connectivity index (χ4n) is 0.317. The molecule has 0 radical (unpaired) electrons. The van der Waals surface area contributed by atoms with Gasteiger partial charge in [-0.25, -0.2) is 0 Å². The smallest absolute Gasteiger partial charge is 0.119 e. The van der Waals surface area contributed by atoms with Crippen molar-refractivity contribution in [1.82, 2.24) is 0 Å². The van der Waals surface area contributed by atoms with E-state index in [0.717, 1.165) is 6.42 Å². The van der Waals surface area contributed by atoms with Gasteiger partial charge in [-0.15, -0.1) is 15.6 Å². The molecule has 0 bridgehead atoms. The van der Waals surface area contributed by atoms with E-state index in [4.69, 9.17) is 4.52 Å². The van der Waals surface area contributed by atoms with Gasteiger partial charge in [0.05, 0.1) is 0 Å². The molecule has 0 aromatic carbocycles. The second-order valence-corrected chi connectivity index (χ2v) is 2.60. The van der Waals surface area contributed by atoms with Gasteiger partial charge in [-0.3, -0.25) is 0 Å². The van der Waals surface area contributed by atoms with Crippen molar-refractivity contribution in [2.75, 3.05) is 13.2 Å². The van der Waals surface area contributed by atoms with Crippen molar-refractivity contribution < 1.29 is 13.6 Å². The van der Waals surface area contributed by atoms with Crippen molar-refractivity contribution in [3.8, 4) is 0 Å². The Morgan fingerprint density at radius 3 is 2.80 bits per heavy atom. The number of hydrogen-bond donors (Lipinski definition) is 0. The Kier molecular flexibility index (Phi) is 6.71. The molecule has 0 rings (SSSR count). The van der Waals surface area contributed by atoms with E-state index in [-0.39, 0.29) is 6.61 Å². The topological polar surface area (TPSA) is 35.5 Å². The third-order valence-corrected chi connectivity index (χ3v) is 1.45. The van der Waals surface area contributed by atoms with Gasteiger partial charge in [0.25, 0.3) is 0 Å². The highest BCUT2D eigenvalue weighted by Gasteiger charge is 2.17. The van der Waals surface area contributed by atoms with Gasteiger partial charge >= 0.3 is 8.25 Å². The Bertz CT molecular complexity index is 114. The molecule has 0 saturated carbocycles. The molecule has 0 aliphatic rings. The van der Waals surface area contributed by atoms with E-state index in [1.807, 2.05) is 6.92 Å². The molecule has 58 valence electrons. The summed E-state index contributed by atoms with van der Waals surface area (Å²) < 4.78 is 20.0. The van der Waals surface area contributed by atoms with E-state index in [1.165, 1.54) is 6.08 Å². The molecule has 0 amide bonds. The summed E-state index contributed by atoms with van der Waals surface area (Å²) in [6.07, 6.45) is 2.38. The van der Waals surface area contributed by atoms with Crippen LogP contribution < -0.4 is 0 Å². The average molecular weight is 163 g/mol. The lowest BCUT2D eigenvalue weighted by Crippen LogP contribution is -1.86. The average Bonchev–Trinajstić information content (AvgIpc) is 1.97. The summed E-state index contributed by atoms with van der Waals surface area (Å²) in [7, 11) is -1.91. The Hall–Kier alpha value is -0.240. The van der Waals surface area contributed by atoms with Crippen LogP contribution >= 0.6 is 8.25 Å². The predicted molar refractivity (Wildman–Crippen MR) is 40.0 cm³/mol. The Morgan fingerprint density at radius 2 is 2.30 bits per heavy atom. The summed E-state index contributed by atoms with van der Waals surface area (Å²) in [4.78, 5) is 0. The van der Waals surface area contributed by atoms with E-state index >= 15 is 0 Å². The third kappa shape index (κ3) is 5.89. The summed E-state index contributed by atoms with van der Waals surface area (Å²) in [5.74, 6) is 0. The van der Waals surface area contributed by atoms with Crippen molar-refractivity contribution in [1.29, 1.82) is 0 Å². The van der Waals surface area contributed by atoms with E-state index in [0.29, 0.717) is 6.61 Å². The molecule has 0 N–H and O–H groups in total. The molecule has 1 atom stereocenters. The van der Waals surface area contributed by atoms with Crippen molar-refractivity contribution in [2.24, 2.45) is 0 Å². The fourth-order valence-corrected chi connectivity index (χ4v) is 0.950. The lowest BCUT2D eigenvalue weighted by molar-refractivity contribution is 0.242. The lowest BCUT2D eigenvalue weighted by atomic mass is 10.5. The van der Waals surface area contributed by atoms with Gasteiger partial charge in [0.1, 0.15) is 13.2 Å². The summed E-state index contributed by atoms with van der Waals surface area (Å²) in [6, 6.07) is 0. The van der Waals surface area contributed by atoms with E-state index in [2.05, 4.69) is 11.1 Å². The van der Waals surface area contributed by atoms with Crippen LogP contribution in [0.3, 0.4) is 0 Å². The zero-order chi connectivity index (χ0) is 7.82. The molecular formula is C6H12O3P+. The highest BCUT2D eigenvalue weighted by Crippen LogP contribution is 2.22. The molecule has 0 fully saturated rings. The highest BCUT2D eigenvalue weighted by atomic mass is 31.1. The van der Waals surface area contributed by atoms with Gasteiger partial charge in [-0.1, -0.05) is 13.0 Å². The van der Waals surface area contributed by atoms with Crippen molar-refractivity contribution in [3.63, 3.8) is 0 Å². The Morgan fingerprint density at radius 1 is 1.60 bits per heavy atom. The van der Waals surface area contributed by atoms with Gasteiger partial charge in [0.2, 0.25) is 0 Å². The van der Waals surface area contributed by atoms with Crippen LogP contribution in [0.15, 0.2) is 12.7 Å². The first-order valence-corrected chi connectivity index (χ1v) is 4.24. The largest absolute Gasteiger partial charge is 0.697 e. The molecule has 3 nitrogen and oxygen atoms in total. The first-order chi connectivity index (χ1) is 4.81. The molecule has 0 aliphatic carbocycles. The Balaban J connectivity index is 3.16. The molecule has 10 heavy (non-hydrogen) atoms. The Labute approximate surface area is 62.0 Å². The summed E-state index contributed by atoms with van der Waals surface area (Å²) in [5, 5.41) is 0. The van der Waals surface area contributed by atoms with Crippen LogP contribution in [-0.2, 0) is 13.6 Å². The van der Waals surface area contributed by atoms with Gasteiger partial charge in [-0.2, -0.15) is 0 Å². The summed E-state index contributed by atoms with van der Waals surface area (Å²) in [5.41, 5.74) is 0. The van der Waals surface area contributed by atoms with E-state index in [9.17, 15) is 4.57 Å². The maximum Gasteiger partial charge on any atom is 0.697 e. The fraction of sp³-hybridized carbons (Fsp3) is 0.667. The molecule has 0 aromatic rings. The highest BCUT2D eigenvalue weighted by molar-refractivity contribution is 7.33. The summed E-state index contributed by atoms with van der Waals surface area (Å²) >= 11 is 0. The minimum Gasteiger partial charge on any atom is -0.119 e. The van der Waals surface area contributed by atoms with E-state index < -0.39 is 8.25 Å². The predicted octanol–water partition coefficient (Wildman–Crippen LogP) is 2.27. The van der Waals surface area contributed by atoms with Gasteiger partial charge in [-0.05, 0) is 6.42 Å². The monoisotopic (exact) mass is 163 g/mol. The standard InChI is InChI=1S/C6H12O3P/c1-3-5-8-10(7)9-6-4-2/h3H,1,4-6H2,2H3/q+1. The quantitative estimate of drug-likeness (QED) is 0.445. The maximum atomic E-state index is 10.6. The second kappa shape index (κ2) is 6.87. The second-order valence-electron chi connectivity index (χ2n) is 1.64. The zero-order valence-electron chi connectivity index (χ0n) is 6.08. The van der Waals surface area contributed by atoms with Crippen LogP contribution in [-0.4, -0.2) is 13.2 Å². The first-order valence-electron chi connectivity index (χ1n) is 3.15. The zero-order valence-corrected chi connectivity index (χ0v) is 6.97. The van der Waals surface area contributed by atoms with E-state index in [1.54, 1.807) is 0 Å². The van der Waals surface area contributed by atoms with Crippen LogP contribution in [0.2, 0.25) is 0 Å². The molecule has 1 unspecified atom stereocenters. The van der Waals surface area contributed by atoms with Crippen molar-refractivity contribution in [3.05, 3.63) is 12.7 Å². The van der Waals surface area contributed by atoms with Crippen LogP contribution in [0, 0.1) is 0 Å². The molecular weight excluding hydrogens is 151 g/mol. The molecule has 0 spiro atoms. The SMILES string of the molecule is C=CCO[P+](=O)OCCC. The van der Waals surface area contributed by atoms with Gasteiger partial charge in [0.15, 0.2) is 0 Å². The van der Waals surface area contributed by atoms with Crippen LogP contribution in [0.25, 0.3) is 0 Å². The lowest BCUT2D eigenvalue weighted by Gasteiger charge is -1.83. The molecule has 0 saturated heterocycles. The summed E-state index contributed by atoms with van der Waals surface area (Å²) in [6.45, 7) is 6.10. The molecule has 0 heterocycles. The third-order valence-electron chi connectivity index (χ3n) is 0.699. The maximum absolute atomic E-state index is 10.6. The molecule has 0 aromatic heterocycles. The van der Waals surface area contributed by atoms with Crippen LogP contribution in [0.1, 0.15) is 13.3 Å². The van der Waals surface area contributed by atoms with Gasteiger partial charge in [0, 0.05) is 4.57 Å². The van der Waals surface area contributed by atoms with Crippen molar-refractivity contribution >= 4 is 8.25 Å². The van der Waals surface area contributed by atoms with Crippen LogP contribution in [0.4, 0.5) is 0 Å². The minimum atomic E-state index is -1.91. The van der Waals surface area contributed by atoms with Crippen LogP contribution in [0.5, 0.6) is 0 Å². The van der Waals surface area contributed by atoms with Gasteiger partial charge < -0.3 is 0 Å². The number of hydrogen-bond acceptors (Lipinski definition) is 3. The van der Waals surface area contributed by atoms with Crippen molar-refractivity contribution in [2.45, 2.75) is 13.3 Å². The minimum absolute atomic E-state index is 0.277. The molecule has 4 heteroatoms. The normalized spacial score (nSPS) is 11.1. The first kappa shape index (κ1) is 9.76. The molecule has 0 aliphatic heterocycles.